The Labute approximate surface area is 103 Å². The van der Waals surface area contributed by atoms with Gasteiger partial charge in [0, 0.05) is 4.88 Å². The van der Waals surface area contributed by atoms with Crippen LogP contribution >= 0.6 is 35.2 Å². The van der Waals surface area contributed by atoms with E-state index >= 15 is 0 Å². The first-order valence-electron chi connectivity index (χ1n) is 4.75. The zero-order valence-electron chi connectivity index (χ0n) is 8.35. The van der Waals surface area contributed by atoms with Crippen LogP contribution in [0.15, 0.2) is 4.99 Å². The minimum Gasteiger partial charge on any atom is -0.193 e. The van der Waals surface area contributed by atoms with Crippen LogP contribution in [0.5, 0.6) is 0 Å². The molecule has 0 saturated heterocycles. The molecule has 1 nitrogen and oxygen atoms in total. The molecule has 0 radical (unpaired) electrons. The number of nitrogens with zero attached hydrogens (tertiary/aromatic N) is 1. The minimum atomic E-state index is -0.371. The molecular weight excluding hydrogens is 253 g/mol. The normalized spacial score (nSPS) is 10.1. The van der Waals surface area contributed by atoms with Gasteiger partial charge in [0.15, 0.2) is 0 Å². The second kappa shape index (κ2) is 6.33. The van der Waals surface area contributed by atoms with Crippen molar-refractivity contribution in [2.24, 2.45) is 4.99 Å². The van der Waals surface area contributed by atoms with E-state index in [-0.39, 0.29) is 10.8 Å². The molecule has 0 bridgehead atoms. The Kier molecular flexibility index (Phi) is 5.40. The van der Waals surface area contributed by atoms with Crippen LogP contribution in [0.25, 0.3) is 0 Å². The summed E-state index contributed by atoms with van der Waals surface area (Å²) in [5.41, 5.74) is 0.142. The third-order valence-corrected chi connectivity index (χ3v) is 3.65. The van der Waals surface area contributed by atoms with Gasteiger partial charge in [-0.15, -0.1) is 11.3 Å². The summed E-state index contributed by atoms with van der Waals surface area (Å²) in [6.07, 6.45) is 4.09. The average molecular weight is 264 g/mol. The van der Waals surface area contributed by atoms with Gasteiger partial charge in [-0.2, -0.15) is 9.38 Å². The molecule has 1 rings (SSSR count). The second-order valence-corrected chi connectivity index (χ2v) is 4.74. The Morgan fingerprint density at radius 1 is 1.53 bits per heavy atom. The van der Waals surface area contributed by atoms with Crippen molar-refractivity contribution in [1.29, 1.82) is 0 Å². The number of thiophene rings is 1. The zero-order chi connectivity index (χ0) is 11.3. The fourth-order valence-corrected chi connectivity index (χ4v) is 2.63. The van der Waals surface area contributed by atoms with E-state index in [0.29, 0.717) is 5.02 Å². The Hall–Kier alpha value is -0.280. The van der Waals surface area contributed by atoms with Crippen LogP contribution in [0.3, 0.4) is 0 Å². The van der Waals surface area contributed by atoms with Crippen molar-refractivity contribution in [2.45, 2.75) is 32.6 Å². The van der Waals surface area contributed by atoms with Gasteiger partial charge < -0.3 is 0 Å². The van der Waals surface area contributed by atoms with Gasteiger partial charge in [-0.25, -0.2) is 0 Å². The monoisotopic (exact) mass is 263 g/mol. The number of halogens is 2. The van der Waals surface area contributed by atoms with Gasteiger partial charge in [0.1, 0.15) is 5.69 Å². The van der Waals surface area contributed by atoms with E-state index in [1.54, 1.807) is 0 Å². The van der Waals surface area contributed by atoms with Crippen molar-refractivity contribution in [2.75, 3.05) is 0 Å². The molecule has 0 amide bonds. The molecule has 1 aromatic rings. The number of unbranched alkanes of at least 4 members (excludes halogenated alkanes) is 2. The summed E-state index contributed by atoms with van der Waals surface area (Å²) in [4.78, 5) is 4.48. The largest absolute Gasteiger partial charge is 0.204 e. The van der Waals surface area contributed by atoms with Crippen molar-refractivity contribution in [3.05, 3.63) is 15.0 Å². The first kappa shape index (κ1) is 12.8. The lowest BCUT2D eigenvalue weighted by molar-refractivity contribution is 0.659. The lowest BCUT2D eigenvalue weighted by atomic mass is 10.2. The zero-order valence-corrected chi connectivity index (χ0v) is 10.7. The molecule has 0 aliphatic rings. The van der Waals surface area contributed by atoms with Crippen LogP contribution in [0.1, 0.15) is 31.1 Å². The maximum Gasteiger partial charge on any atom is 0.204 e. The molecule has 0 N–H and O–H groups in total. The van der Waals surface area contributed by atoms with Crippen LogP contribution in [-0.2, 0) is 6.42 Å². The molecule has 0 unspecified atom stereocenters. The van der Waals surface area contributed by atoms with Gasteiger partial charge in [0.05, 0.1) is 10.2 Å². The lowest BCUT2D eigenvalue weighted by Crippen LogP contribution is -1.80. The highest BCUT2D eigenvalue weighted by molar-refractivity contribution is 7.78. The fraction of sp³-hybridized carbons (Fsp3) is 0.500. The quantitative estimate of drug-likeness (QED) is 0.413. The topological polar surface area (TPSA) is 12.4 Å². The summed E-state index contributed by atoms with van der Waals surface area (Å²) in [7, 11) is 0. The van der Waals surface area contributed by atoms with Crippen molar-refractivity contribution < 1.29 is 4.39 Å². The first-order valence-corrected chi connectivity index (χ1v) is 6.35. The van der Waals surface area contributed by atoms with Gasteiger partial charge >= 0.3 is 0 Å². The van der Waals surface area contributed by atoms with Crippen molar-refractivity contribution in [3.63, 3.8) is 0 Å². The van der Waals surface area contributed by atoms with Gasteiger partial charge in [-0.1, -0.05) is 31.4 Å². The molecule has 0 aromatic carbocycles. The highest BCUT2D eigenvalue weighted by Crippen LogP contribution is 2.38. The highest BCUT2D eigenvalue weighted by Gasteiger charge is 2.15. The number of thiocarbonyl (C=S) groups is 1. The Morgan fingerprint density at radius 3 is 2.87 bits per heavy atom. The van der Waals surface area contributed by atoms with Crippen LogP contribution in [0.2, 0.25) is 5.02 Å². The number of rotatable bonds is 5. The number of hydrogen-bond donors (Lipinski definition) is 0. The van der Waals surface area contributed by atoms with Crippen LogP contribution in [-0.4, -0.2) is 5.16 Å². The van der Waals surface area contributed by atoms with Crippen molar-refractivity contribution in [1.82, 2.24) is 0 Å². The Balaban J connectivity index is 2.81. The Bertz CT molecular complexity index is 383. The molecular formula is C10H11ClFNS2. The molecule has 0 aliphatic carbocycles. The van der Waals surface area contributed by atoms with Gasteiger partial charge in [0.25, 0.3) is 0 Å². The molecule has 0 fully saturated rings. The molecule has 0 atom stereocenters. The summed E-state index contributed by atoms with van der Waals surface area (Å²) in [6, 6.07) is 0. The third kappa shape index (κ3) is 3.35. The highest BCUT2D eigenvalue weighted by atomic mass is 35.5. The van der Waals surface area contributed by atoms with Crippen LogP contribution < -0.4 is 0 Å². The summed E-state index contributed by atoms with van der Waals surface area (Å²) >= 11 is 11.5. The molecule has 5 heteroatoms. The van der Waals surface area contributed by atoms with E-state index in [0.717, 1.165) is 41.9 Å². The number of aliphatic imine (C=N–C) groups is 1. The average Bonchev–Trinajstić information content (AvgIpc) is 2.47. The molecule has 0 aliphatic heterocycles. The minimum absolute atomic E-state index is 0.142. The number of isothiocyanates is 1. The predicted octanol–water partition coefficient (Wildman–Crippen LogP) is 5.01. The molecule has 0 saturated carbocycles. The third-order valence-electron chi connectivity index (χ3n) is 2.02. The van der Waals surface area contributed by atoms with Gasteiger partial charge in [-0.05, 0) is 25.1 Å². The molecule has 1 heterocycles. The predicted molar refractivity (Wildman–Crippen MR) is 67.2 cm³/mol. The van der Waals surface area contributed by atoms with Crippen molar-refractivity contribution in [3.8, 4) is 0 Å². The molecule has 82 valence electrons. The SMILES string of the molecule is CCCCCc1sc(F)c(N=C=S)c1Cl. The van der Waals surface area contributed by atoms with Crippen LogP contribution in [0, 0.1) is 5.13 Å². The van der Waals surface area contributed by atoms with E-state index < -0.39 is 0 Å². The molecule has 0 spiro atoms. The lowest BCUT2D eigenvalue weighted by Gasteiger charge is -1.96. The van der Waals surface area contributed by atoms with Gasteiger partial charge in [-0.3, -0.25) is 0 Å². The summed E-state index contributed by atoms with van der Waals surface area (Å²) < 4.78 is 13.3. The Morgan fingerprint density at radius 2 is 2.27 bits per heavy atom. The maximum atomic E-state index is 13.3. The van der Waals surface area contributed by atoms with Gasteiger partial charge in [0.2, 0.25) is 5.13 Å². The van der Waals surface area contributed by atoms with E-state index in [9.17, 15) is 4.39 Å². The molecule has 1 aromatic heterocycles. The van der Waals surface area contributed by atoms with E-state index in [2.05, 4.69) is 29.3 Å². The van der Waals surface area contributed by atoms with Crippen molar-refractivity contribution >= 4 is 46.0 Å². The first-order chi connectivity index (χ1) is 7.20. The summed E-state index contributed by atoms with van der Waals surface area (Å²) in [5.74, 6) is 0. The maximum absolute atomic E-state index is 13.3. The number of hydrogen-bond acceptors (Lipinski definition) is 3. The fourth-order valence-electron chi connectivity index (χ4n) is 1.25. The van der Waals surface area contributed by atoms with E-state index in [1.807, 2.05) is 0 Å². The molecule has 15 heavy (non-hydrogen) atoms. The summed E-state index contributed by atoms with van der Waals surface area (Å²) in [5, 5.41) is 2.16. The second-order valence-electron chi connectivity index (χ2n) is 3.12. The standard InChI is InChI=1S/C10H11ClFNS2/c1-2-3-4-5-7-8(11)9(13-6-14)10(12)15-7/h2-5H2,1H3. The number of aryl methyl sites for hydroxylation is 1. The van der Waals surface area contributed by atoms with E-state index in [1.165, 1.54) is 0 Å². The smallest absolute Gasteiger partial charge is 0.193 e. The van der Waals surface area contributed by atoms with E-state index in [4.69, 9.17) is 11.6 Å². The van der Waals surface area contributed by atoms with Crippen LogP contribution in [0.4, 0.5) is 10.1 Å². The summed E-state index contributed by atoms with van der Waals surface area (Å²) in [6.45, 7) is 2.12.